The first-order valence-electron chi connectivity index (χ1n) is 8.31. The average molecular weight is 491 g/mol. The lowest BCUT2D eigenvalue weighted by molar-refractivity contribution is -0.149. The minimum atomic E-state index is -0.660. The van der Waals surface area contributed by atoms with Crippen LogP contribution in [0.4, 0.5) is 0 Å². The molecule has 7 nitrogen and oxygen atoms in total. The number of ether oxygens (including phenoxy) is 1. The van der Waals surface area contributed by atoms with E-state index in [4.69, 9.17) is 4.74 Å². The first-order chi connectivity index (χ1) is 12.0. The van der Waals surface area contributed by atoms with E-state index in [-0.39, 0.29) is 28.9 Å². The van der Waals surface area contributed by atoms with Gasteiger partial charge in [0, 0.05) is 11.0 Å². The van der Waals surface area contributed by atoms with Crippen molar-refractivity contribution in [3.63, 3.8) is 0 Å². The number of H-pyrrole nitrogens is 2. The Morgan fingerprint density at radius 2 is 1.88 bits per heavy atom. The van der Waals surface area contributed by atoms with Gasteiger partial charge in [0.25, 0.3) is 0 Å². The van der Waals surface area contributed by atoms with Gasteiger partial charge in [-0.15, -0.1) is 17.0 Å². The van der Waals surface area contributed by atoms with Gasteiger partial charge in [0.05, 0.1) is 23.6 Å². The van der Waals surface area contributed by atoms with Crippen LogP contribution in [0.3, 0.4) is 0 Å². The number of nitrogens with zero attached hydrogens (tertiary/aromatic N) is 1. The summed E-state index contributed by atoms with van der Waals surface area (Å²) in [6.45, 7) is 4.43. The van der Waals surface area contributed by atoms with E-state index in [1.54, 1.807) is 6.07 Å². The van der Waals surface area contributed by atoms with Crippen LogP contribution in [0, 0.1) is 5.92 Å². The van der Waals surface area contributed by atoms with Gasteiger partial charge in [0.2, 0.25) is 0 Å². The lowest BCUT2D eigenvalue weighted by atomic mass is 9.96. The number of aromatic nitrogens is 2. The third kappa shape index (κ3) is 4.63. The van der Waals surface area contributed by atoms with Crippen LogP contribution in [0.2, 0.25) is 0 Å². The molecule has 0 atom stereocenters. The fourth-order valence-corrected chi connectivity index (χ4v) is 3.72. The normalized spacial score (nSPS) is 15.6. The smallest absolute Gasteiger partial charge is 0.314 e. The van der Waals surface area contributed by atoms with Gasteiger partial charge >= 0.3 is 17.1 Å². The Balaban J connectivity index is 0.00000243. The second-order valence-corrected chi connectivity index (χ2v) is 7.11. The molecule has 26 heavy (non-hydrogen) atoms. The van der Waals surface area contributed by atoms with Crippen LogP contribution in [0.15, 0.2) is 26.2 Å². The third-order valence-corrected chi connectivity index (χ3v) is 4.94. The molecule has 2 aromatic rings. The maximum atomic E-state index is 11.8. The molecule has 9 heteroatoms. The number of carbonyl (C=O) groups is 1. The number of halogens is 2. The van der Waals surface area contributed by atoms with Crippen molar-refractivity contribution in [2.45, 2.75) is 26.3 Å². The SMILES string of the molecule is Br.CCOC(=O)C1CCN(Cc2cc(Br)cc3[nH]c(=O)c(=O)[nH]c23)CC1. The predicted molar refractivity (Wildman–Crippen MR) is 108 cm³/mol. The molecule has 0 radical (unpaired) electrons. The van der Waals surface area contributed by atoms with Gasteiger partial charge in [0.15, 0.2) is 0 Å². The van der Waals surface area contributed by atoms with Crippen molar-refractivity contribution in [2.75, 3.05) is 19.7 Å². The molecular weight excluding hydrogens is 470 g/mol. The van der Waals surface area contributed by atoms with Gasteiger partial charge in [-0.1, -0.05) is 15.9 Å². The molecule has 0 bridgehead atoms. The van der Waals surface area contributed by atoms with Gasteiger partial charge in [-0.25, -0.2) is 0 Å². The standard InChI is InChI=1S/C17H20BrN3O4.BrH/c1-2-25-17(24)10-3-5-21(6-4-10)9-11-7-12(18)8-13-14(11)20-16(23)15(22)19-13;/h7-8,10H,2-6,9H2,1H3,(H,19,22)(H,20,23);1H. The minimum Gasteiger partial charge on any atom is -0.466 e. The van der Waals surface area contributed by atoms with Crippen LogP contribution in [-0.4, -0.2) is 40.5 Å². The summed E-state index contributed by atoms with van der Waals surface area (Å²) in [5, 5.41) is 0. The topological polar surface area (TPSA) is 95.3 Å². The summed E-state index contributed by atoms with van der Waals surface area (Å²) in [5.74, 6) is -0.149. The summed E-state index contributed by atoms with van der Waals surface area (Å²) in [5.41, 5.74) is 0.840. The maximum Gasteiger partial charge on any atom is 0.314 e. The Labute approximate surface area is 169 Å². The highest BCUT2D eigenvalue weighted by molar-refractivity contribution is 9.10. The van der Waals surface area contributed by atoms with Gasteiger partial charge in [-0.2, -0.15) is 0 Å². The second-order valence-electron chi connectivity index (χ2n) is 6.20. The zero-order valence-electron chi connectivity index (χ0n) is 14.3. The van der Waals surface area contributed by atoms with Gasteiger partial charge < -0.3 is 14.7 Å². The number of benzene rings is 1. The highest BCUT2D eigenvalue weighted by Crippen LogP contribution is 2.24. The number of carbonyl (C=O) groups excluding carboxylic acids is 1. The summed E-state index contributed by atoms with van der Waals surface area (Å²) in [7, 11) is 0. The number of hydrogen-bond donors (Lipinski definition) is 2. The summed E-state index contributed by atoms with van der Waals surface area (Å²) >= 11 is 3.44. The largest absolute Gasteiger partial charge is 0.466 e. The molecule has 0 saturated carbocycles. The summed E-state index contributed by atoms with van der Waals surface area (Å²) < 4.78 is 5.93. The van der Waals surface area contributed by atoms with Crippen molar-refractivity contribution in [1.82, 2.24) is 14.9 Å². The maximum absolute atomic E-state index is 11.8. The summed E-state index contributed by atoms with van der Waals surface area (Å²) in [6.07, 6.45) is 1.52. The van der Waals surface area contributed by atoms with E-state index in [1.165, 1.54) is 0 Å². The number of esters is 1. The Morgan fingerprint density at radius 1 is 1.23 bits per heavy atom. The highest BCUT2D eigenvalue weighted by Gasteiger charge is 2.26. The van der Waals surface area contributed by atoms with Crippen molar-refractivity contribution in [3.05, 3.63) is 42.9 Å². The number of hydrogen-bond acceptors (Lipinski definition) is 5. The first kappa shape index (κ1) is 20.9. The second kappa shape index (κ2) is 8.96. The van der Waals surface area contributed by atoms with E-state index >= 15 is 0 Å². The molecule has 142 valence electrons. The fourth-order valence-electron chi connectivity index (χ4n) is 3.21. The number of likely N-dealkylation sites (tertiary alicyclic amines) is 1. The first-order valence-corrected chi connectivity index (χ1v) is 9.11. The predicted octanol–water partition coefficient (Wildman–Crippen LogP) is 2.33. The molecule has 1 fully saturated rings. The van der Waals surface area contributed by atoms with E-state index in [0.29, 0.717) is 24.2 Å². The Morgan fingerprint density at radius 3 is 2.54 bits per heavy atom. The molecule has 1 aromatic carbocycles. The number of rotatable bonds is 4. The van der Waals surface area contributed by atoms with E-state index in [2.05, 4.69) is 30.8 Å². The molecule has 0 amide bonds. The van der Waals surface area contributed by atoms with Crippen molar-refractivity contribution >= 4 is 49.9 Å². The van der Waals surface area contributed by atoms with Crippen molar-refractivity contribution < 1.29 is 9.53 Å². The average Bonchev–Trinajstić information content (AvgIpc) is 2.57. The lowest BCUT2D eigenvalue weighted by Gasteiger charge is -2.31. The molecule has 0 spiro atoms. The minimum absolute atomic E-state index is 0. The van der Waals surface area contributed by atoms with Crippen LogP contribution in [0.25, 0.3) is 11.0 Å². The van der Waals surface area contributed by atoms with E-state index < -0.39 is 11.1 Å². The zero-order chi connectivity index (χ0) is 18.0. The van der Waals surface area contributed by atoms with Crippen LogP contribution < -0.4 is 11.1 Å². The summed E-state index contributed by atoms with van der Waals surface area (Å²) in [4.78, 5) is 42.5. The Hall–Kier alpha value is -1.45. The van der Waals surface area contributed by atoms with Gasteiger partial charge in [-0.3, -0.25) is 19.3 Å². The van der Waals surface area contributed by atoms with Crippen LogP contribution in [-0.2, 0) is 16.1 Å². The number of aromatic amines is 2. The van der Waals surface area contributed by atoms with E-state index in [0.717, 1.165) is 36.0 Å². The van der Waals surface area contributed by atoms with Gasteiger partial charge in [-0.05, 0) is 50.6 Å². The highest BCUT2D eigenvalue weighted by atomic mass is 79.9. The summed E-state index contributed by atoms with van der Waals surface area (Å²) in [6, 6.07) is 3.71. The van der Waals surface area contributed by atoms with Crippen molar-refractivity contribution in [2.24, 2.45) is 5.92 Å². The molecule has 1 aliphatic heterocycles. The van der Waals surface area contributed by atoms with E-state index in [9.17, 15) is 14.4 Å². The Bertz CT molecular complexity index is 901. The quantitative estimate of drug-likeness (QED) is 0.506. The number of nitrogens with one attached hydrogen (secondary N) is 2. The number of piperidine rings is 1. The fraction of sp³-hybridized carbons (Fsp3) is 0.471. The molecule has 0 aliphatic carbocycles. The number of fused-ring (bicyclic) bond motifs is 1. The van der Waals surface area contributed by atoms with Crippen molar-refractivity contribution in [3.8, 4) is 0 Å². The Kier molecular flexibility index (Phi) is 7.19. The van der Waals surface area contributed by atoms with Crippen molar-refractivity contribution in [1.29, 1.82) is 0 Å². The lowest BCUT2D eigenvalue weighted by Crippen LogP contribution is -2.36. The molecular formula is C17H21Br2N3O4. The molecule has 2 N–H and O–H groups in total. The van der Waals surface area contributed by atoms with E-state index in [1.807, 2.05) is 13.0 Å². The van der Waals surface area contributed by atoms with Crippen LogP contribution in [0.1, 0.15) is 25.3 Å². The van der Waals surface area contributed by atoms with Crippen LogP contribution >= 0.6 is 32.9 Å². The molecule has 3 rings (SSSR count). The molecule has 1 saturated heterocycles. The third-order valence-electron chi connectivity index (χ3n) is 4.48. The zero-order valence-corrected chi connectivity index (χ0v) is 17.6. The molecule has 1 aromatic heterocycles. The van der Waals surface area contributed by atoms with Crippen LogP contribution in [0.5, 0.6) is 0 Å². The molecule has 1 aliphatic rings. The molecule has 2 heterocycles. The monoisotopic (exact) mass is 489 g/mol. The van der Waals surface area contributed by atoms with Gasteiger partial charge in [0.1, 0.15) is 0 Å². The molecule has 0 unspecified atom stereocenters.